The van der Waals surface area contributed by atoms with Crippen LogP contribution in [0.3, 0.4) is 0 Å². The van der Waals surface area contributed by atoms with Crippen LogP contribution < -0.4 is 0 Å². The van der Waals surface area contributed by atoms with Crippen LogP contribution in [-0.4, -0.2) is 15.3 Å². The summed E-state index contributed by atoms with van der Waals surface area (Å²) in [6.45, 7) is 0. The molecule has 0 atom stereocenters. The molecule has 0 amide bonds. The van der Waals surface area contributed by atoms with Gasteiger partial charge in [0.15, 0.2) is 11.5 Å². The van der Waals surface area contributed by atoms with Crippen LogP contribution in [0.5, 0.6) is 17.2 Å². The van der Waals surface area contributed by atoms with Crippen molar-refractivity contribution in [2.24, 2.45) is 0 Å². The summed E-state index contributed by atoms with van der Waals surface area (Å²) < 4.78 is 0.715. The number of rotatable bonds is 0. The number of hydrogen-bond acceptors (Lipinski definition) is 3. The van der Waals surface area contributed by atoms with Gasteiger partial charge in [-0.25, -0.2) is 0 Å². The minimum Gasteiger partial charge on any atom is -0.507 e. The van der Waals surface area contributed by atoms with E-state index < -0.39 is 0 Å². The maximum atomic E-state index is 9.56. The molecule has 2 aromatic rings. The number of benzene rings is 2. The second-order valence-electron chi connectivity index (χ2n) is 2.96. The van der Waals surface area contributed by atoms with Crippen LogP contribution in [0.1, 0.15) is 0 Å². The van der Waals surface area contributed by atoms with Gasteiger partial charge in [0.1, 0.15) is 5.75 Å². The number of fused-ring (bicyclic) bond motifs is 1. The lowest BCUT2D eigenvalue weighted by atomic mass is 10.1. The van der Waals surface area contributed by atoms with Crippen LogP contribution in [-0.2, 0) is 0 Å². The van der Waals surface area contributed by atoms with Crippen molar-refractivity contribution in [1.29, 1.82) is 0 Å². The topological polar surface area (TPSA) is 60.7 Å². The Balaban J connectivity index is 2.95. The summed E-state index contributed by atoms with van der Waals surface area (Å²) in [5.74, 6) is -0.606. The minimum atomic E-state index is -0.299. The standard InChI is InChI=1S/C10H7BrO3/c11-6-3-5-1-2-7(12)10(14)9(5)8(13)4-6/h1-4,12-14H. The molecule has 0 saturated carbocycles. The summed E-state index contributed by atoms with van der Waals surface area (Å²) >= 11 is 3.22. The Hall–Kier alpha value is -1.42. The SMILES string of the molecule is Oc1ccc2cc(Br)cc(O)c2c1O. The zero-order valence-electron chi connectivity index (χ0n) is 7.03. The van der Waals surface area contributed by atoms with Gasteiger partial charge in [-0.2, -0.15) is 0 Å². The van der Waals surface area contributed by atoms with Crippen molar-refractivity contribution in [2.45, 2.75) is 0 Å². The molecular weight excluding hydrogens is 248 g/mol. The third-order valence-electron chi connectivity index (χ3n) is 2.01. The maximum Gasteiger partial charge on any atom is 0.169 e. The summed E-state index contributed by atoms with van der Waals surface area (Å²) in [4.78, 5) is 0. The quantitative estimate of drug-likeness (QED) is 0.634. The van der Waals surface area contributed by atoms with E-state index in [4.69, 9.17) is 0 Å². The molecule has 0 saturated heterocycles. The average Bonchev–Trinajstić information content (AvgIpc) is 2.10. The van der Waals surface area contributed by atoms with Gasteiger partial charge in [-0.05, 0) is 23.6 Å². The van der Waals surface area contributed by atoms with E-state index in [2.05, 4.69) is 15.9 Å². The molecule has 2 rings (SSSR count). The van der Waals surface area contributed by atoms with Gasteiger partial charge >= 0.3 is 0 Å². The van der Waals surface area contributed by atoms with Crippen LogP contribution in [0.15, 0.2) is 28.7 Å². The fourth-order valence-electron chi connectivity index (χ4n) is 1.38. The third kappa shape index (κ3) is 1.28. The Labute approximate surface area is 88.4 Å². The van der Waals surface area contributed by atoms with E-state index in [1.807, 2.05) is 0 Å². The second kappa shape index (κ2) is 3.06. The molecule has 0 aromatic heterocycles. The first-order valence-electron chi connectivity index (χ1n) is 3.93. The maximum absolute atomic E-state index is 9.56. The largest absolute Gasteiger partial charge is 0.507 e. The normalized spacial score (nSPS) is 10.6. The summed E-state index contributed by atoms with van der Waals surface area (Å²) in [6.07, 6.45) is 0. The second-order valence-corrected chi connectivity index (χ2v) is 3.87. The van der Waals surface area contributed by atoms with E-state index in [1.165, 1.54) is 12.1 Å². The number of phenolic OH excluding ortho intramolecular Hbond substituents is 3. The van der Waals surface area contributed by atoms with Crippen LogP contribution in [0.25, 0.3) is 10.8 Å². The van der Waals surface area contributed by atoms with Gasteiger partial charge in [-0.1, -0.05) is 22.0 Å². The van der Waals surface area contributed by atoms with E-state index in [0.29, 0.717) is 9.86 Å². The highest BCUT2D eigenvalue weighted by atomic mass is 79.9. The predicted octanol–water partition coefficient (Wildman–Crippen LogP) is 2.72. The Morgan fingerprint density at radius 1 is 0.929 bits per heavy atom. The zero-order chi connectivity index (χ0) is 10.3. The van der Waals surface area contributed by atoms with Crippen LogP contribution >= 0.6 is 15.9 Å². The molecule has 0 aliphatic heterocycles. The van der Waals surface area contributed by atoms with Gasteiger partial charge < -0.3 is 15.3 Å². The lowest BCUT2D eigenvalue weighted by Crippen LogP contribution is -1.77. The molecule has 0 radical (unpaired) electrons. The average molecular weight is 255 g/mol. The van der Waals surface area contributed by atoms with Crippen molar-refractivity contribution in [3.8, 4) is 17.2 Å². The van der Waals surface area contributed by atoms with E-state index in [9.17, 15) is 15.3 Å². The molecule has 0 aliphatic rings. The molecule has 0 heterocycles. The summed E-state index contributed by atoms with van der Waals surface area (Å²) in [6, 6.07) is 6.20. The van der Waals surface area contributed by atoms with Crippen molar-refractivity contribution in [3.05, 3.63) is 28.7 Å². The molecule has 0 unspecified atom stereocenters. The number of halogens is 1. The van der Waals surface area contributed by atoms with Crippen molar-refractivity contribution in [2.75, 3.05) is 0 Å². The molecule has 4 heteroatoms. The smallest absolute Gasteiger partial charge is 0.169 e. The van der Waals surface area contributed by atoms with Gasteiger partial charge in [0, 0.05) is 4.47 Å². The molecule has 14 heavy (non-hydrogen) atoms. The van der Waals surface area contributed by atoms with Crippen LogP contribution in [0.2, 0.25) is 0 Å². The Morgan fingerprint density at radius 3 is 2.36 bits per heavy atom. The highest BCUT2D eigenvalue weighted by molar-refractivity contribution is 9.10. The van der Waals surface area contributed by atoms with E-state index in [1.54, 1.807) is 12.1 Å². The first kappa shape index (κ1) is 9.15. The molecule has 2 aromatic carbocycles. The molecule has 0 fully saturated rings. The molecule has 0 spiro atoms. The summed E-state index contributed by atoms with van der Waals surface area (Å²) in [5.41, 5.74) is 0. The van der Waals surface area contributed by atoms with Crippen molar-refractivity contribution in [1.82, 2.24) is 0 Å². The highest BCUT2D eigenvalue weighted by Gasteiger charge is 2.09. The minimum absolute atomic E-state index is 0.0669. The Morgan fingerprint density at radius 2 is 1.64 bits per heavy atom. The van der Waals surface area contributed by atoms with Crippen molar-refractivity contribution >= 4 is 26.7 Å². The van der Waals surface area contributed by atoms with Gasteiger partial charge in [-0.15, -0.1) is 0 Å². The Bertz CT molecular complexity index is 508. The zero-order valence-corrected chi connectivity index (χ0v) is 8.62. The molecule has 3 N–H and O–H groups in total. The van der Waals surface area contributed by atoms with Crippen molar-refractivity contribution in [3.63, 3.8) is 0 Å². The predicted molar refractivity (Wildman–Crippen MR) is 56.6 cm³/mol. The molecule has 72 valence electrons. The third-order valence-corrected chi connectivity index (χ3v) is 2.47. The van der Waals surface area contributed by atoms with Gasteiger partial charge in [0.2, 0.25) is 0 Å². The van der Waals surface area contributed by atoms with Crippen molar-refractivity contribution < 1.29 is 15.3 Å². The molecule has 3 nitrogen and oxygen atoms in total. The van der Waals surface area contributed by atoms with E-state index in [-0.39, 0.29) is 22.6 Å². The van der Waals surface area contributed by atoms with Gasteiger partial charge in [-0.3, -0.25) is 0 Å². The fourth-order valence-corrected chi connectivity index (χ4v) is 1.84. The van der Waals surface area contributed by atoms with Gasteiger partial charge in [0.05, 0.1) is 5.39 Å². The lowest BCUT2D eigenvalue weighted by molar-refractivity contribution is 0.405. The first-order valence-corrected chi connectivity index (χ1v) is 4.72. The Kier molecular flexibility index (Phi) is 2.00. The van der Waals surface area contributed by atoms with E-state index in [0.717, 1.165) is 0 Å². The monoisotopic (exact) mass is 254 g/mol. The number of phenols is 3. The lowest BCUT2D eigenvalue weighted by Gasteiger charge is -2.05. The summed E-state index contributed by atoms with van der Waals surface area (Å²) in [5, 5.41) is 29.2. The number of hydrogen-bond donors (Lipinski definition) is 3. The van der Waals surface area contributed by atoms with Crippen LogP contribution in [0, 0.1) is 0 Å². The van der Waals surface area contributed by atoms with E-state index >= 15 is 0 Å². The first-order chi connectivity index (χ1) is 6.59. The molecular formula is C10H7BrO3. The fraction of sp³-hybridized carbons (Fsp3) is 0. The molecule has 0 bridgehead atoms. The highest BCUT2D eigenvalue weighted by Crippen LogP contribution is 2.40. The molecule has 0 aliphatic carbocycles. The number of aromatic hydroxyl groups is 3. The van der Waals surface area contributed by atoms with Crippen LogP contribution in [0.4, 0.5) is 0 Å². The summed E-state index contributed by atoms with van der Waals surface area (Å²) in [7, 11) is 0. The van der Waals surface area contributed by atoms with Gasteiger partial charge in [0.25, 0.3) is 0 Å².